The Balaban J connectivity index is 0.000000117. The van der Waals surface area contributed by atoms with Gasteiger partial charge in [0, 0.05) is 85.6 Å². The van der Waals surface area contributed by atoms with Gasteiger partial charge in [0.1, 0.15) is 46.3 Å². The number of carbonyl (C=O) groups excluding carboxylic acids is 2. The first-order valence-corrected chi connectivity index (χ1v) is 33.9. The van der Waals surface area contributed by atoms with E-state index >= 15 is 0 Å². The summed E-state index contributed by atoms with van der Waals surface area (Å²) in [6.07, 6.45) is 11.9. The van der Waals surface area contributed by atoms with Crippen LogP contribution in [0.15, 0.2) is 123 Å². The van der Waals surface area contributed by atoms with Gasteiger partial charge in [0.05, 0.1) is 137 Å². The van der Waals surface area contributed by atoms with E-state index in [0.29, 0.717) is 116 Å². The maximum atomic E-state index is 14.4. The van der Waals surface area contributed by atoms with Crippen LogP contribution in [-0.4, -0.2) is 115 Å². The summed E-state index contributed by atoms with van der Waals surface area (Å²) in [6.45, 7) is 10.6. The number of nitrogens with two attached hydrogens (primary N) is 2. The molecule has 14 aromatic rings. The molecule has 17 rings (SSSR count). The number of nitrogens with zero attached hydrogens (tertiary/aromatic N) is 15. The number of nitrogens with one attached hydrogen (secondary N) is 2. The lowest BCUT2D eigenvalue weighted by molar-refractivity contribution is 0.00578. The van der Waals surface area contributed by atoms with E-state index in [4.69, 9.17) is 20.8 Å². The molecule has 8 aromatic heterocycles. The Hall–Kier alpha value is -9.54. The number of hydrogen-bond donors (Lipinski definition) is 4. The minimum Gasteiger partial charge on any atom is -0.399 e. The monoisotopic (exact) mass is 1570 g/mol. The largest absolute Gasteiger partial charge is 0.495 e. The molecule has 6 N–H and O–H groups in total. The van der Waals surface area contributed by atoms with Crippen LogP contribution >= 0.6 is 47.8 Å². The number of halogens is 9. The summed E-state index contributed by atoms with van der Waals surface area (Å²) in [7, 11) is 8.27. The zero-order chi connectivity index (χ0) is 72.3. The highest BCUT2D eigenvalue weighted by atomic mass is 79.9. The van der Waals surface area contributed by atoms with E-state index in [-0.39, 0.29) is 29.1 Å². The van der Waals surface area contributed by atoms with Crippen LogP contribution in [0.2, 0.25) is 0 Å². The first-order valence-electron chi connectivity index (χ1n) is 31.5. The Labute approximate surface area is 597 Å². The zero-order valence-electron chi connectivity index (χ0n) is 55.8. The number of carbonyl (C=O) groups is 2. The molecule has 6 aromatic carbocycles. The van der Waals surface area contributed by atoms with Crippen LogP contribution in [-0.2, 0) is 70.6 Å². The third kappa shape index (κ3) is 14.4. The normalized spacial score (nSPS) is 14.3. The molecule has 11 heterocycles. The standard InChI is InChI=1S/C16H16FN5O.C15H15FN6O.C14H18BFN2O2.2C8H6BrFN2.C7H4BrFN2/c1-21-13-7-9(6-11(17)10(13)8-19-21)15-14(16(18)23)12-4-2-3-5-22(12)20-15;1-21-11-5-8(4-10(16)9(11)6-19-21)14-13(15(17)23)12-7-18-2-3-22(12)20-14;1-13(2)14(3,4)20-15(19-13)9-6-11(16)10-8-17-18(5)12(10)7-9;1-12-4-6-7(10)2-5(9)3-8(6)11-12;1-12-8-3-5(9)2-7(10)6(8)4-11-12;8-4-1-6(9)5-3-10-11-7(5)2-4/h6-8H,2-5H2,1H3,(H2,18,23);4-6,18H,2-3,7H2,1H3,(H2,17,23);6-8H,1-5H3;2*2-4H,1H3;1-3H,(H,10,11). The first kappa shape index (κ1) is 71.3. The topological polar surface area (TPSA) is 270 Å². The van der Waals surface area contributed by atoms with E-state index in [9.17, 15) is 35.9 Å². The van der Waals surface area contributed by atoms with Gasteiger partial charge < -0.3 is 26.1 Å². The van der Waals surface area contributed by atoms with E-state index in [1.54, 1.807) is 93.8 Å². The zero-order valence-corrected chi connectivity index (χ0v) is 60.6. The van der Waals surface area contributed by atoms with Crippen molar-refractivity contribution in [3.8, 4) is 22.5 Å². The second kappa shape index (κ2) is 28.5. The highest BCUT2D eigenvalue weighted by Gasteiger charge is 2.52. The maximum absolute atomic E-state index is 14.4. The molecule has 101 heavy (non-hydrogen) atoms. The number of amides is 2. The van der Waals surface area contributed by atoms with Crippen LogP contribution in [0.25, 0.3) is 87.9 Å². The second-order valence-corrected chi connectivity index (χ2v) is 27.9. The molecule has 0 unspecified atom stereocenters. The van der Waals surface area contributed by atoms with Crippen molar-refractivity contribution in [1.82, 2.24) is 84.0 Å². The van der Waals surface area contributed by atoms with E-state index in [1.165, 1.54) is 67.4 Å². The van der Waals surface area contributed by atoms with Crippen molar-refractivity contribution in [2.24, 2.45) is 46.7 Å². The highest BCUT2D eigenvalue weighted by molar-refractivity contribution is 9.11. The summed E-state index contributed by atoms with van der Waals surface area (Å²) >= 11 is 9.60. The summed E-state index contributed by atoms with van der Waals surface area (Å²) in [5.74, 6) is -2.91. The van der Waals surface area contributed by atoms with Gasteiger partial charge in [-0.1, -0.05) is 47.8 Å². The van der Waals surface area contributed by atoms with Gasteiger partial charge in [0.25, 0.3) is 11.8 Å². The Kier molecular flexibility index (Phi) is 20.1. The minimum atomic E-state index is -0.561. The fraction of sp³-hybridized carbons (Fsp3) is 0.265. The van der Waals surface area contributed by atoms with E-state index in [1.807, 2.05) is 44.5 Å². The van der Waals surface area contributed by atoms with Crippen LogP contribution in [0.5, 0.6) is 0 Å². The molecular weight excluding hydrogens is 1510 g/mol. The van der Waals surface area contributed by atoms with Gasteiger partial charge >= 0.3 is 7.12 Å². The quantitative estimate of drug-likeness (QED) is 0.0923. The molecule has 0 saturated carbocycles. The number of aromatic nitrogens is 16. The van der Waals surface area contributed by atoms with Crippen molar-refractivity contribution in [2.45, 2.75) is 77.8 Å². The number of primary amides is 2. The van der Waals surface area contributed by atoms with Crippen LogP contribution in [0, 0.1) is 34.9 Å². The van der Waals surface area contributed by atoms with Crippen LogP contribution in [0.1, 0.15) is 72.6 Å². The van der Waals surface area contributed by atoms with Gasteiger partial charge in [-0.2, -0.15) is 40.8 Å². The van der Waals surface area contributed by atoms with Crippen LogP contribution < -0.4 is 22.2 Å². The van der Waals surface area contributed by atoms with Gasteiger partial charge in [-0.3, -0.25) is 47.5 Å². The van der Waals surface area contributed by atoms with Crippen LogP contribution in [0.4, 0.5) is 26.3 Å². The van der Waals surface area contributed by atoms with Crippen molar-refractivity contribution in [2.75, 3.05) is 6.54 Å². The molecule has 522 valence electrons. The predicted octanol–water partition coefficient (Wildman–Crippen LogP) is 12.2. The molecule has 1 saturated heterocycles. The van der Waals surface area contributed by atoms with Gasteiger partial charge in [0.2, 0.25) is 0 Å². The lowest BCUT2D eigenvalue weighted by Gasteiger charge is -2.32. The van der Waals surface area contributed by atoms with Crippen molar-refractivity contribution in [1.29, 1.82) is 0 Å². The number of H-pyrrole nitrogens is 1. The van der Waals surface area contributed by atoms with E-state index in [2.05, 4.69) is 99.0 Å². The Bertz CT molecular complexity index is 5360. The number of aromatic amines is 1. The first-order chi connectivity index (χ1) is 47.9. The summed E-state index contributed by atoms with van der Waals surface area (Å²) < 4.78 is 108. The summed E-state index contributed by atoms with van der Waals surface area (Å²) in [5, 5.41) is 41.9. The van der Waals surface area contributed by atoms with Crippen molar-refractivity contribution in [3.05, 3.63) is 181 Å². The molecule has 0 bridgehead atoms. The number of aryl methyl sites for hydroxylation is 6. The highest BCUT2D eigenvalue weighted by Crippen LogP contribution is 2.38. The molecule has 23 nitrogen and oxygen atoms in total. The molecule has 0 spiro atoms. The SMILES string of the molecule is Cn1cc2c(F)cc(Br)cc2n1.Cn1ncc2c(F)cc(-c3nn4c(c3C(N)=O)CCCC4)cc21.Cn1ncc2c(F)cc(-c3nn4c(c3C(N)=O)CNCC4)cc21.Cn1ncc2c(F)cc(B3OC(C)(C)C(C)(C)O3)cc21.Cn1ncc2c(F)cc(Br)cc21.Fc1cc(Br)cc2[nH]ncc12. The van der Waals surface area contributed by atoms with Gasteiger partial charge in [-0.05, 0) is 125 Å². The Morgan fingerprint density at radius 1 is 0.515 bits per heavy atom. The number of hydrogen-bond acceptors (Lipinski definition) is 13. The van der Waals surface area contributed by atoms with Gasteiger partial charge in [-0.15, -0.1) is 0 Å². The third-order valence-corrected chi connectivity index (χ3v) is 19.3. The van der Waals surface area contributed by atoms with Gasteiger partial charge in [0.15, 0.2) is 0 Å². The average Bonchev–Trinajstić information content (AvgIpc) is 1.63. The fourth-order valence-corrected chi connectivity index (χ4v) is 13.3. The number of benzene rings is 6. The van der Waals surface area contributed by atoms with Gasteiger partial charge in [-0.25, -0.2) is 26.3 Å². The number of fused-ring (bicyclic) bond motifs is 8. The Morgan fingerprint density at radius 3 is 1.50 bits per heavy atom. The molecule has 3 aliphatic heterocycles. The smallest absolute Gasteiger partial charge is 0.399 e. The molecule has 2 amide bonds. The maximum Gasteiger partial charge on any atom is 0.495 e. The lowest BCUT2D eigenvalue weighted by atomic mass is 9.78. The molecular formula is C68H65BBr3F6N19O4. The van der Waals surface area contributed by atoms with E-state index in [0.717, 1.165) is 59.2 Å². The molecule has 0 atom stereocenters. The summed E-state index contributed by atoms with van der Waals surface area (Å²) in [6, 6.07) is 19.4. The molecule has 3 aliphatic rings. The lowest BCUT2D eigenvalue weighted by Crippen LogP contribution is -2.41. The van der Waals surface area contributed by atoms with Crippen molar-refractivity contribution in [3.63, 3.8) is 0 Å². The Morgan fingerprint density at radius 2 is 0.960 bits per heavy atom. The molecule has 1 fully saturated rings. The molecule has 0 aliphatic carbocycles. The summed E-state index contributed by atoms with van der Waals surface area (Å²) in [5.41, 5.74) is 19.4. The predicted molar refractivity (Wildman–Crippen MR) is 382 cm³/mol. The van der Waals surface area contributed by atoms with Crippen molar-refractivity contribution < 1.29 is 45.2 Å². The average molecular weight is 1580 g/mol. The third-order valence-electron chi connectivity index (χ3n) is 17.9. The molecule has 0 radical (unpaired) electrons. The van der Waals surface area contributed by atoms with Crippen LogP contribution in [0.3, 0.4) is 0 Å². The van der Waals surface area contributed by atoms with E-state index < -0.39 is 36.0 Å². The minimum absolute atomic E-state index is 0.243. The fourth-order valence-electron chi connectivity index (χ4n) is 12.0. The van der Waals surface area contributed by atoms with Crippen molar-refractivity contribution >= 4 is 138 Å². The number of rotatable bonds is 5. The second-order valence-electron chi connectivity index (χ2n) is 25.2. The molecule has 33 heteroatoms. The summed E-state index contributed by atoms with van der Waals surface area (Å²) in [4.78, 5) is 23.9.